The summed E-state index contributed by atoms with van der Waals surface area (Å²) in [6, 6.07) is 16.1. The minimum atomic E-state index is 0.131. The molecule has 0 aromatic heterocycles. The van der Waals surface area contributed by atoms with Gasteiger partial charge in [0.1, 0.15) is 0 Å². The third-order valence-electron chi connectivity index (χ3n) is 6.01. The van der Waals surface area contributed by atoms with Gasteiger partial charge in [-0.3, -0.25) is 4.79 Å². The van der Waals surface area contributed by atoms with E-state index in [1.165, 1.54) is 5.56 Å². The Morgan fingerprint density at radius 2 is 1.93 bits per heavy atom. The van der Waals surface area contributed by atoms with Crippen molar-refractivity contribution in [1.82, 2.24) is 5.32 Å². The molecule has 2 unspecified atom stereocenters. The van der Waals surface area contributed by atoms with E-state index < -0.39 is 0 Å². The number of anilines is 2. The summed E-state index contributed by atoms with van der Waals surface area (Å²) in [6.07, 6.45) is 3.22. The molecule has 0 radical (unpaired) electrons. The highest BCUT2D eigenvalue weighted by atomic mass is 35.5. The summed E-state index contributed by atoms with van der Waals surface area (Å²) in [4.78, 5) is 12.6. The second-order valence-electron chi connectivity index (χ2n) is 7.83. The Morgan fingerprint density at radius 3 is 2.63 bits per heavy atom. The Bertz CT molecular complexity index is 818. The van der Waals surface area contributed by atoms with E-state index >= 15 is 0 Å². The summed E-state index contributed by atoms with van der Waals surface area (Å²) < 4.78 is 0. The van der Waals surface area contributed by atoms with Gasteiger partial charge >= 0.3 is 0 Å². The van der Waals surface area contributed by atoms with Gasteiger partial charge in [0.25, 0.3) is 0 Å². The molecule has 2 fully saturated rings. The van der Waals surface area contributed by atoms with E-state index in [0.717, 1.165) is 43.7 Å². The first-order chi connectivity index (χ1) is 13.1. The Kier molecular flexibility index (Phi) is 5.11. The molecule has 1 aliphatic heterocycles. The lowest BCUT2D eigenvalue weighted by atomic mass is 9.92. The zero-order valence-corrected chi connectivity index (χ0v) is 16.4. The van der Waals surface area contributed by atoms with Crippen LogP contribution in [0.2, 0.25) is 5.02 Å². The maximum absolute atomic E-state index is 12.6. The molecule has 5 heteroatoms. The van der Waals surface area contributed by atoms with Crippen LogP contribution in [0, 0.1) is 11.3 Å². The number of carbonyl (C=O) groups excluding carboxylic acids is 1. The Morgan fingerprint density at radius 1 is 1.19 bits per heavy atom. The number of hydrogen-bond acceptors (Lipinski definition) is 3. The normalized spacial score (nSPS) is 21.5. The molecule has 1 spiro atoms. The van der Waals surface area contributed by atoms with Gasteiger partial charge in [0.2, 0.25) is 5.91 Å². The summed E-state index contributed by atoms with van der Waals surface area (Å²) in [5.41, 5.74) is 3.07. The number of carbonyl (C=O) groups is 1. The van der Waals surface area contributed by atoms with Crippen molar-refractivity contribution in [3.05, 3.63) is 59.1 Å². The lowest BCUT2D eigenvalue weighted by Gasteiger charge is -2.23. The number of piperidine rings is 1. The second kappa shape index (κ2) is 7.53. The van der Waals surface area contributed by atoms with Crippen LogP contribution >= 0.6 is 11.6 Å². The largest absolute Gasteiger partial charge is 0.377 e. The molecule has 1 heterocycles. The quantitative estimate of drug-likeness (QED) is 0.692. The highest BCUT2D eigenvalue weighted by molar-refractivity contribution is 6.33. The van der Waals surface area contributed by atoms with Crippen molar-refractivity contribution in [3.63, 3.8) is 0 Å². The number of nitrogens with one attached hydrogen (secondary N) is 3. The van der Waals surface area contributed by atoms with Gasteiger partial charge in [0, 0.05) is 17.6 Å². The Labute approximate surface area is 165 Å². The molecule has 2 aromatic rings. The van der Waals surface area contributed by atoms with Crippen LogP contribution in [0.3, 0.4) is 0 Å². The van der Waals surface area contributed by atoms with Crippen LogP contribution in [-0.4, -0.2) is 19.0 Å². The number of amides is 1. The first kappa shape index (κ1) is 18.3. The average molecular weight is 384 g/mol. The molecule has 142 valence electrons. The van der Waals surface area contributed by atoms with Crippen LogP contribution in [0.1, 0.15) is 37.8 Å². The molecule has 4 rings (SSSR count). The number of halogens is 1. The predicted octanol–water partition coefficient (Wildman–Crippen LogP) is 4.84. The standard InChI is InChI=1S/C22H26ClN3O/c1-15(16-5-3-2-4-6-16)25-20-8-7-17(13-19(20)23)26-21(27)18-14-22(18)9-11-24-12-10-22/h2-8,13,15,18,24-25H,9-12,14H2,1H3,(H,26,27). The third-order valence-corrected chi connectivity index (χ3v) is 6.33. The fourth-order valence-corrected chi connectivity index (χ4v) is 4.43. The Hall–Kier alpha value is -2.04. The molecule has 0 bridgehead atoms. The molecule has 1 saturated heterocycles. The summed E-state index contributed by atoms with van der Waals surface area (Å²) in [7, 11) is 0. The van der Waals surface area contributed by atoms with E-state index in [4.69, 9.17) is 11.6 Å². The highest BCUT2D eigenvalue weighted by Crippen LogP contribution is 2.58. The Balaban J connectivity index is 1.38. The van der Waals surface area contributed by atoms with Crippen molar-refractivity contribution in [1.29, 1.82) is 0 Å². The van der Waals surface area contributed by atoms with E-state index in [9.17, 15) is 4.79 Å². The zero-order chi connectivity index (χ0) is 18.9. The molecule has 2 aromatic carbocycles. The van der Waals surface area contributed by atoms with Gasteiger partial charge in [-0.05, 0) is 68.5 Å². The molecule has 2 atom stereocenters. The zero-order valence-electron chi connectivity index (χ0n) is 15.6. The fraction of sp³-hybridized carbons (Fsp3) is 0.409. The predicted molar refractivity (Wildman–Crippen MR) is 111 cm³/mol. The van der Waals surface area contributed by atoms with Crippen LogP contribution in [0.4, 0.5) is 11.4 Å². The van der Waals surface area contributed by atoms with Crippen LogP contribution in [0.25, 0.3) is 0 Å². The summed E-state index contributed by atoms with van der Waals surface area (Å²) in [5, 5.41) is 10.5. The van der Waals surface area contributed by atoms with Gasteiger partial charge < -0.3 is 16.0 Å². The van der Waals surface area contributed by atoms with Gasteiger partial charge in [-0.15, -0.1) is 0 Å². The number of benzene rings is 2. The topological polar surface area (TPSA) is 53.2 Å². The SMILES string of the molecule is CC(Nc1ccc(NC(=O)C2CC23CCNCC3)cc1Cl)c1ccccc1. The van der Waals surface area contributed by atoms with Crippen LogP contribution in [0.15, 0.2) is 48.5 Å². The second-order valence-corrected chi connectivity index (χ2v) is 8.24. The van der Waals surface area contributed by atoms with Crippen LogP contribution in [0.5, 0.6) is 0 Å². The summed E-state index contributed by atoms with van der Waals surface area (Å²) in [6.45, 7) is 4.15. The monoisotopic (exact) mass is 383 g/mol. The van der Waals surface area contributed by atoms with Crippen molar-refractivity contribution in [2.75, 3.05) is 23.7 Å². The van der Waals surface area contributed by atoms with Crippen molar-refractivity contribution >= 4 is 28.9 Å². The lowest BCUT2D eigenvalue weighted by Crippen LogP contribution is -2.31. The van der Waals surface area contributed by atoms with Crippen molar-refractivity contribution in [2.45, 2.75) is 32.2 Å². The van der Waals surface area contributed by atoms with Gasteiger partial charge in [0.05, 0.1) is 10.7 Å². The van der Waals surface area contributed by atoms with Gasteiger partial charge in [-0.1, -0.05) is 41.9 Å². The van der Waals surface area contributed by atoms with Crippen LogP contribution < -0.4 is 16.0 Å². The number of rotatable bonds is 5. The maximum atomic E-state index is 12.6. The molecule has 1 amide bonds. The summed E-state index contributed by atoms with van der Waals surface area (Å²) >= 11 is 6.46. The van der Waals surface area contributed by atoms with E-state index in [1.807, 2.05) is 36.4 Å². The molecule has 1 aliphatic carbocycles. The first-order valence-electron chi connectivity index (χ1n) is 9.70. The first-order valence-corrected chi connectivity index (χ1v) is 10.1. The van der Waals surface area contributed by atoms with Gasteiger partial charge in [0.15, 0.2) is 0 Å². The average Bonchev–Trinajstić information content (AvgIpc) is 3.38. The third kappa shape index (κ3) is 3.97. The van der Waals surface area contributed by atoms with Gasteiger partial charge in [-0.25, -0.2) is 0 Å². The smallest absolute Gasteiger partial charge is 0.228 e. The van der Waals surface area contributed by atoms with E-state index in [2.05, 4.69) is 35.0 Å². The molecule has 4 nitrogen and oxygen atoms in total. The lowest BCUT2D eigenvalue weighted by molar-refractivity contribution is -0.118. The van der Waals surface area contributed by atoms with Crippen molar-refractivity contribution < 1.29 is 4.79 Å². The molecular formula is C22H26ClN3O. The maximum Gasteiger partial charge on any atom is 0.228 e. The number of hydrogen-bond donors (Lipinski definition) is 3. The summed E-state index contributed by atoms with van der Waals surface area (Å²) in [5.74, 6) is 0.278. The molecule has 3 N–H and O–H groups in total. The molecular weight excluding hydrogens is 358 g/mol. The van der Waals surface area contributed by atoms with Gasteiger partial charge in [-0.2, -0.15) is 0 Å². The van der Waals surface area contributed by atoms with E-state index in [1.54, 1.807) is 0 Å². The van der Waals surface area contributed by atoms with Crippen molar-refractivity contribution in [2.24, 2.45) is 11.3 Å². The molecule has 27 heavy (non-hydrogen) atoms. The molecule has 1 saturated carbocycles. The van der Waals surface area contributed by atoms with E-state index in [-0.39, 0.29) is 23.3 Å². The minimum absolute atomic E-state index is 0.131. The highest BCUT2D eigenvalue weighted by Gasteiger charge is 2.57. The molecule has 2 aliphatic rings. The van der Waals surface area contributed by atoms with Crippen LogP contribution in [-0.2, 0) is 4.79 Å². The fourth-order valence-electron chi connectivity index (χ4n) is 4.19. The van der Waals surface area contributed by atoms with E-state index in [0.29, 0.717) is 5.02 Å². The minimum Gasteiger partial charge on any atom is -0.377 e. The van der Waals surface area contributed by atoms with Crippen molar-refractivity contribution in [3.8, 4) is 0 Å².